The summed E-state index contributed by atoms with van der Waals surface area (Å²) >= 11 is 0. The molecule has 1 rings (SSSR count). The summed E-state index contributed by atoms with van der Waals surface area (Å²) in [6.07, 6.45) is 1.54. The Labute approximate surface area is 100 Å². The second kappa shape index (κ2) is 6.52. The maximum absolute atomic E-state index is 10.6. The highest BCUT2D eigenvalue weighted by molar-refractivity contribution is 5.82. The van der Waals surface area contributed by atoms with Crippen molar-refractivity contribution in [2.24, 2.45) is 5.10 Å². The van der Waals surface area contributed by atoms with Crippen LogP contribution in [-0.4, -0.2) is 25.8 Å². The van der Waals surface area contributed by atoms with Crippen LogP contribution in [0, 0.1) is 0 Å². The summed E-state index contributed by atoms with van der Waals surface area (Å²) in [5, 5.41) is 3.77. The average molecular weight is 236 g/mol. The third-order valence-corrected chi connectivity index (χ3v) is 1.92. The monoisotopic (exact) mass is 236 g/mol. The van der Waals surface area contributed by atoms with Gasteiger partial charge in [0.15, 0.2) is 11.5 Å². The van der Waals surface area contributed by atoms with E-state index in [2.05, 4.69) is 10.5 Å². The lowest BCUT2D eigenvalue weighted by atomic mass is 10.2. The number of amides is 1. The van der Waals surface area contributed by atoms with Gasteiger partial charge in [0, 0.05) is 6.92 Å². The quantitative estimate of drug-likeness (QED) is 0.623. The molecule has 0 fully saturated rings. The van der Waals surface area contributed by atoms with Crippen molar-refractivity contribution in [3.05, 3.63) is 23.8 Å². The van der Waals surface area contributed by atoms with Crippen LogP contribution in [0.4, 0.5) is 0 Å². The van der Waals surface area contributed by atoms with Gasteiger partial charge < -0.3 is 9.47 Å². The fourth-order valence-electron chi connectivity index (χ4n) is 1.24. The third-order valence-electron chi connectivity index (χ3n) is 1.92. The van der Waals surface area contributed by atoms with Crippen molar-refractivity contribution in [2.75, 3.05) is 13.7 Å². The Hall–Kier alpha value is -2.04. The van der Waals surface area contributed by atoms with Gasteiger partial charge in [-0.05, 0) is 30.7 Å². The first-order chi connectivity index (χ1) is 8.17. The fourth-order valence-corrected chi connectivity index (χ4v) is 1.24. The van der Waals surface area contributed by atoms with Crippen molar-refractivity contribution in [1.29, 1.82) is 0 Å². The fraction of sp³-hybridized carbons (Fsp3) is 0.333. The summed E-state index contributed by atoms with van der Waals surface area (Å²) in [5.41, 5.74) is 3.15. The lowest BCUT2D eigenvalue weighted by molar-refractivity contribution is -0.118. The molecule has 0 bridgehead atoms. The molecule has 0 spiro atoms. The van der Waals surface area contributed by atoms with Crippen molar-refractivity contribution in [2.45, 2.75) is 13.8 Å². The van der Waals surface area contributed by atoms with Gasteiger partial charge in [-0.15, -0.1) is 0 Å². The molecule has 5 nitrogen and oxygen atoms in total. The molecular formula is C12H16N2O3. The highest BCUT2D eigenvalue weighted by Gasteiger charge is 2.03. The molecular weight excluding hydrogens is 220 g/mol. The van der Waals surface area contributed by atoms with E-state index in [9.17, 15) is 4.79 Å². The number of methoxy groups -OCH3 is 1. The summed E-state index contributed by atoms with van der Waals surface area (Å²) < 4.78 is 10.6. The number of hydrazone groups is 1. The Morgan fingerprint density at radius 3 is 2.82 bits per heavy atom. The smallest absolute Gasteiger partial charge is 0.236 e. The summed E-state index contributed by atoms with van der Waals surface area (Å²) in [4.78, 5) is 10.6. The van der Waals surface area contributed by atoms with Gasteiger partial charge in [-0.25, -0.2) is 5.43 Å². The first kappa shape index (κ1) is 13.0. The summed E-state index contributed by atoms with van der Waals surface area (Å²) in [5.74, 6) is 1.12. The zero-order valence-electron chi connectivity index (χ0n) is 10.2. The standard InChI is InChI=1S/C12H16N2O3/c1-4-17-11-6-5-10(7-12(11)16-3)8-13-14-9(2)15/h5-8H,4H2,1-3H3,(H,14,15)/b13-8-. The largest absolute Gasteiger partial charge is 0.493 e. The van der Waals surface area contributed by atoms with E-state index in [1.165, 1.54) is 6.92 Å². The van der Waals surface area contributed by atoms with E-state index >= 15 is 0 Å². The Bertz CT molecular complexity index is 416. The van der Waals surface area contributed by atoms with Gasteiger partial charge in [0.1, 0.15) is 0 Å². The van der Waals surface area contributed by atoms with Gasteiger partial charge in [0.2, 0.25) is 5.91 Å². The molecule has 0 radical (unpaired) electrons. The average Bonchev–Trinajstić information content (AvgIpc) is 2.30. The van der Waals surface area contributed by atoms with Crippen LogP contribution < -0.4 is 14.9 Å². The Kier molecular flexibility index (Phi) is 5.00. The zero-order valence-corrected chi connectivity index (χ0v) is 10.2. The van der Waals surface area contributed by atoms with Gasteiger partial charge in [-0.3, -0.25) is 4.79 Å². The number of hydrogen-bond donors (Lipinski definition) is 1. The van der Waals surface area contributed by atoms with Crippen LogP contribution in [0.1, 0.15) is 19.4 Å². The van der Waals surface area contributed by atoms with Gasteiger partial charge >= 0.3 is 0 Å². The topological polar surface area (TPSA) is 59.9 Å². The molecule has 0 saturated carbocycles. The van der Waals surface area contributed by atoms with Crippen LogP contribution in [0.15, 0.2) is 23.3 Å². The second-order valence-corrected chi connectivity index (χ2v) is 3.27. The summed E-state index contributed by atoms with van der Waals surface area (Å²) in [6, 6.07) is 5.42. The predicted molar refractivity (Wildman–Crippen MR) is 65.6 cm³/mol. The molecule has 17 heavy (non-hydrogen) atoms. The van der Waals surface area contributed by atoms with Gasteiger partial charge in [0.05, 0.1) is 19.9 Å². The van der Waals surface area contributed by atoms with E-state index in [0.29, 0.717) is 18.1 Å². The van der Waals surface area contributed by atoms with Crippen LogP contribution in [0.3, 0.4) is 0 Å². The Balaban J connectivity index is 2.81. The minimum atomic E-state index is -0.209. The van der Waals surface area contributed by atoms with Crippen molar-refractivity contribution >= 4 is 12.1 Å². The number of carbonyl (C=O) groups excluding carboxylic acids is 1. The molecule has 92 valence electrons. The minimum absolute atomic E-state index is 0.209. The predicted octanol–water partition coefficient (Wildman–Crippen LogP) is 1.56. The maximum Gasteiger partial charge on any atom is 0.236 e. The van der Waals surface area contributed by atoms with Crippen LogP contribution in [0.25, 0.3) is 0 Å². The minimum Gasteiger partial charge on any atom is -0.493 e. The van der Waals surface area contributed by atoms with E-state index in [1.54, 1.807) is 25.5 Å². The zero-order chi connectivity index (χ0) is 12.7. The van der Waals surface area contributed by atoms with Gasteiger partial charge in [0.25, 0.3) is 0 Å². The molecule has 0 heterocycles. The van der Waals surface area contributed by atoms with E-state index < -0.39 is 0 Å². The number of carbonyl (C=O) groups is 1. The van der Waals surface area contributed by atoms with Crippen molar-refractivity contribution < 1.29 is 14.3 Å². The number of hydrogen-bond acceptors (Lipinski definition) is 4. The van der Waals surface area contributed by atoms with Crippen LogP contribution in [0.2, 0.25) is 0 Å². The molecule has 1 N–H and O–H groups in total. The van der Waals surface area contributed by atoms with Crippen molar-refractivity contribution in [1.82, 2.24) is 5.43 Å². The molecule has 0 aliphatic carbocycles. The third kappa shape index (κ3) is 4.14. The SMILES string of the molecule is CCOc1ccc(/C=N\NC(C)=O)cc1OC. The molecule has 0 unspecified atom stereocenters. The molecule has 0 atom stereocenters. The normalized spacial score (nSPS) is 10.3. The second-order valence-electron chi connectivity index (χ2n) is 3.27. The van der Waals surface area contributed by atoms with E-state index in [-0.39, 0.29) is 5.91 Å². The lowest BCUT2D eigenvalue weighted by Gasteiger charge is -2.09. The van der Waals surface area contributed by atoms with Crippen molar-refractivity contribution in [3.63, 3.8) is 0 Å². The first-order valence-corrected chi connectivity index (χ1v) is 5.27. The number of benzene rings is 1. The molecule has 0 aliphatic heterocycles. The maximum atomic E-state index is 10.6. The number of nitrogens with zero attached hydrogens (tertiary/aromatic N) is 1. The van der Waals surface area contributed by atoms with Crippen molar-refractivity contribution in [3.8, 4) is 11.5 Å². The molecule has 1 amide bonds. The highest BCUT2D eigenvalue weighted by atomic mass is 16.5. The Morgan fingerprint density at radius 1 is 1.47 bits per heavy atom. The highest BCUT2D eigenvalue weighted by Crippen LogP contribution is 2.27. The number of ether oxygens (including phenoxy) is 2. The summed E-state index contributed by atoms with van der Waals surface area (Å²) in [6.45, 7) is 3.89. The van der Waals surface area contributed by atoms with Crippen LogP contribution in [0.5, 0.6) is 11.5 Å². The Morgan fingerprint density at radius 2 is 2.24 bits per heavy atom. The molecule has 0 aliphatic rings. The van der Waals surface area contributed by atoms with E-state index in [0.717, 1.165) is 5.56 Å². The first-order valence-electron chi connectivity index (χ1n) is 5.27. The molecule has 1 aromatic carbocycles. The summed E-state index contributed by atoms with van der Waals surface area (Å²) in [7, 11) is 1.58. The molecule has 1 aromatic rings. The van der Waals surface area contributed by atoms with E-state index in [4.69, 9.17) is 9.47 Å². The van der Waals surface area contributed by atoms with Crippen LogP contribution in [-0.2, 0) is 4.79 Å². The molecule has 5 heteroatoms. The van der Waals surface area contributed by atoms with Gasteiger partial charge in [-0.1, -0.05) is 0 Å². The molecule has 0 saturated heterocycles. The van der Waals surface area contributed by atoms with Crippen LogP contribution >= 0.6 is 0 Å². The van der Waals surface area contributed by atoms with Gasteiger partial charge in [-0.2, -0.15) is 5.10 Å². The van der Waals surface area contributed by atoms with E-state index in [1.807, 2.05) is 13.0 Å². The molecule has 0 aromatic heterocycles. The lowest BCUT2D eigenvalue weighted by Crippen LogP contribution is -2.12. The number of rotatable bonds is 5. The number of nitrogens with one attached hydrogen (secondary N) is 1.